The van der Waals surface area contributed by atoms with Crippen molar-refractivity contribution >= 4 is 17.4 Å². The largest absolute Gasteiger partial charge is 0.340 e. The molecule has 132 valence electrons. The van der Waals surface area contributed by atoms with Crippen molar-refractivity contribution in [1.82, 2.24) is 14.9 Å². The van der Waals surface area contributed by atoms with Gasteiger partial charge in [-0.3, -0.25) is 4.79 Å². The topological polar surface area (TPSA) is 58.1 Å². The summed E-state index contributed by atoms with van der Waals surface area (Å²) in [5, 5.41) is 3.34. The van der Waals surface area contributed by atoms with Gasteiger partial charge >= 0.3 is 0 Å². The maximum Gasteiger partial charge on any atom is 0.272 e. The lowest BCUT2D eigenvalue weighted by Gasteiger charge is -2.30. The molecule has 0 atom stereocenters. The first-order chi connectivity index (χ1) is 11.9. The molecule has 0 unspecified atom stereocenters. The first kappa shape index (κ1) is 17.4. The molecule has 0 radical (unpaired) electrons. The molecule has 1 aromatic heterocycles. The third-order valence-electron chi connectivity index (χ3n) is 4.78. The minimum atomic E-state index is 0.00131. The van der Waals surface area contributed by atoms with E-state index in [4.69, 9.17) is 0 Å². The molecule has 0 bridgehead atoms. The fourth-order valence-corrected chi connectivity index (χ4v) is 3.12. The summed E-state index contributed by atoms with van der Waals surface area (Å²) in [5.74, 6) is 1.96. The zero-order valence-corrected chi connectivity index (χ0v) is 15.5. The third kappa shape index (κ3) is 4.16. The number of anilines is 2. The Hall–Kier alpha value is -2.43. The quantitative estimate of drug-likeness (QED) is 0.918. The summed E-state index contributed by atoms with van der Waals surface area (Å²) in [6, 6.07) is 8.00. The first-order valence-electron chi connectivity index (χ1n) is 8.91. The Labute approximate surface area is 149 Å². The molecular weight excluding hydrogens is 312 g/mol. The van der Waals surface area contributed by atoms with E-state index in [0.29, 0.717) is 23.3 Å². The standard InChI is InChI=1S/C20H26N4O/c1-13-7-9-24(10-8-13)20(25)18-12-19(22-16(4)21-18)23-17-11-14(2)5-6-15(17)3/h5-6,11-13H,7-10H2,1-4H3,(H,21,22,23). The molecule has 5 nitrogen and oxygen atoms in total. The summed E-state index contributed by atoms with van der Waals surface area (Å²) in [5.41, 5.74) is 3.79. The van der Waals surface area contributed by atoms with Gasteiger partial charge in [0.05, 0.1) is 0 Å². The summed E-state index contributed by atoms with van der Waals surface area (Å²) in [7, 11) is 0. The number of carbonyl (C=O) groups is 1. The van der Waals surface area contributed by atoms with Crippen LogP contribution in [-0.2, 0) is 0 Å². The van der Waals surface area contributed by atoms with Gasteiger partial charge in [-0.2, -0.15) is 0 Å². The van der Waals surface area contributed by atoms with Crippen LogP contribution < -0.4 is 5.32 Å². The number of hydrogen-bond donors (Lipinski definition) is 1. The molecule has 1 aliphatic rings. The Morgan fingerprint density at radius 2 is 1.84 bits per heavy atom. The lowest BCUT2D eigenvalue weighted by atomic mass is 9.99. The second-order valence-corrected chi connectivity index (χ2v) is 7.10. The number of nitrogens with one attached hydrogen (secondary N) is 1. The lowest BCUT2D eigenvalue weighted by Crippen LogP contribution is -2.38. The minimum Gasteiger partial charge on any atom is -0.340 e. The molecule has 2 heterocycles. The average Bonchev–Trinajstić information content (AvgIpc) is 2.58. The predicted molar refractivity (Wildman–Crippen MR) is 100 cm³/mol. The van der Waals surface area contributed by atoms with Gasteiger partial charge in [0.2, 0.25) is 0 Å². The smallest absolute Gasteiger partial charge is 0.272 e. The Morgan fingerprint density at radius 1 is 1.12 bits per heavy atom. The van der Waals surface area contributed by atoms with E-state index in [0.717, 1.165) is 37.2 Å². The summed E-state index contributed by atoms with van der Waals surface area (Å²) in [6.45, 7) is 9.79. The van der Waals surface area contributed by atoms with E-state index in [1.807, 2.05) is 11.8 Å². The van der Waals surface area contributed by atoms with Crippen LogP contribution in [-0.4, -0.2) is 33.9 Å². The number of piperidine rings is 1. The van der Waals surface area contributed by atoms with Gasteiger partial charge in [-0.25, -0.2) is 9.97 Å². The maximum absolute atomic E-state index is 12.8. The van der Waals surface area contributed by atoms with Crippen molar-refractivity contribution in [2.45, 2.75) is 40.5 Å². The van der Waals surface area contributed by atoms with Crippen LogP contribution in [0.25, 0.3) is 0 Å². The Balaban J connectivity index is 1.83. The fraction of sp³-hybridized carbons (Fsp3) is 0.450. The van der Waals surface area contributed by atoms with Crippen molar-refractivity contribution in [3.8, 4) is 0 Å². The molecule has 5 heteroatoms. The van der Waals surface area contributed by atoms with Crippen molar-refractivity contribution in [2.24, 2.45) is 5.92 Å². The molecule has 1 saturated heterocycles. The predicted octanol–water partition coefficient (Wildman–Crippen LogP) is 4.02. The Kier molecular flexibility index (Phi) is 5.02. The highest BCUT2D eigenvalue weighted by Gasteiger charge is 2.23. The molecule has 0 spiro atoms. The van der Waals surface area contributed by atoms with Crippen molar-refractivity contribution in [1.29, 1.82) is 0 Å². The lowest BCUT2D eigenvalue weighted by molar-refractivity contribution is 0.0691. The molecule has 25 heavy (non-hydrogen) atoms. The van der Waals surface area contributed by atoms with Crippen LogP contribution in [0.15, 0.2) is 24.3 Å². The molecule has 1 aromatic carbocycles. The van der Waals surface area contributed by atoms with Crippen LogP contribution in [0.5, 0.6) is 0 Å². The monoisotopic (exact) mass is 338 g/mol. The van der Waals surface area contributed by atoms with E-state index < -0.39 is 0 Å². The van der Waals surface area contributed by atoms with Gasteiger partial charge in [0.15, 0.2) is 0 Å². The molecule has 1 fully saturated rings. The minimum absolute atomic E-state index is 0.00131. The van der Waals surface area contributed by atoms with Gasteiger partial charge < -0.3 is 10.2 Å². The number of rotatable bonds is 3. The molecule has 3 rings (SSSR count). The Bertz CT molecular complexity index is 779. The second kappa shape index (κ2) is 7.21. The van der Waals surface area contributed by atoms with Crippen LogP contribution in [0.2, 0.25) is 0 Å². The fourth-order valence-electron chi connectivity index (χ4n) is 3.12. The van der Waals surface area contributed by atoms with Gasteiger partial charge in [-0.05, 0) is 56.7 Å². The molecule has 1 aliphatic heterocycles. The van der Waals surface area contributed by atoms with E-state index in [1.54, 1.807) is 6.07 Å². The van der Waals surface area contributed by atoms with Crippen molar-refractivity contribution in [3.63, 3.8) is 0 Å². The molecule has 1 N–H and O–H groups in total. The third-order valence-corrected chi connectivity index (χ3v) is 4.78. The summed E-state index contributed by atoms with van der Waals surface area (Å²) < 4.78 is 0. The maximum atomic E-state index is 12.8. The highest BCUT2D eigenvalue weighted by Crippen LogP contribution is 2.22. The number of benzene rings is 1. The van der Waals surface area contributed by atoms with Gasteiger partial charge in [0.25, 0.3) is 5.91 Å². The van der Waals surface area contributed by atoms with Crippen LogP contribution in [0.1, 0.15) is 47.2 Å². The number of aryl methyl sites for hydroxylation is 3. The highest BCUT2D eigenvalue weighted by atomic mass is 16.2. The number of amides is 1. The van der Waals surface area contributed by atoms with Crippen LogP contribution in [0.3, 0.4) is 0 Å². The second-order valence-electron chi connectivity index (χ2n) is 7.10. The number of hydrogen-bond acceptors (Lipinski definition) is 4. The highest BCUT2D eigenvalue weighted by molar-refractivity contribution is 5.93. The molecule has 2 aromatic rings. The SMILES string of the molecule is Cc1ccc(C)c(Nc2cc(C(=O)N3CCC(C)CC3)nc(C)n2)c1. The van der Waals surface area contributed by atoms with Gasteiger partial charge in [0, 0.05) is 24.8 Å². The zero-order valence-electron chi connectivity index (χ0n) is 15.5. The normalized spacial score (nSPS) is 15.3. The molecule has 0 saturated carbocycles. The van der Waals surface area contributed by atoms with Gasteiger partial charge in [-0.15, -0.1) is 0 Å². The van der Waals surface area contributed by atoms with Crippen LogP contribution in [0.4, 0.5) is 11.5 Å². The van der Waals surface area contributed by atoms with Crippen molar-refractivity contribution in [2.75, 3.05) is 18.4 Å². The molecule has 1 amide bonds. The number of likely N-dealkylation sites (tertiary alicyclic amines) is 1. The number of nitrogens with zero attached hydrogens (tertiary/aromatic N) is 3. The van der Waals surface area contributed by atoms with Gasteiger partial charge in [0.1, 0.15) is 17.3 Å². The number of aromatic nitrogens is 2. The van der Waals surface area contributed by atoms with E-state index >= 15 is 0 Å². The van der Waals surface area contributed by atoms with Crippen LogP contribution >= 0.6 is 0 Å². The zero-order chi connectivity index (χ0) is 18.0. The van der Waals surface area contributed by atoms with E-state index in [1.165, 1.54) is 5.56 Å². The van der Waals surface area contributed by atoms with E-state index in [2.05, 4.69) is 54.3 Å². The molecule has 0 aliphatic carbocycles. The van der Waals surface area contributed by atoms with Crippen molar-refractivity contribution < 1.29 is 4.79 Å². The summed E-state index contributed by atoms with van der Waals surface area (Å²) >= 11 is 0. The summed E-state index contributed by atoms with van der Waals surface area (Å²) in [4.78, 5) is 23.5. The van der Waals surface area contributed by atoms with Crippen LogP contribution in [0, 0.1) is 26.7 Å². The Morgan fingerprint density at radius 3 is 2.56 bits per heavy atom. The van der Waals surface area contributed by atoms with E-state index in [9.17, 15) is 4.79 Å². The molecular formula is C20H26N4O. The van der Waals surface area contributed by atoms with Gasteiger partial charge in [-0.1, -0.05) is 19.1 Å². The summed E-state index contributed by atoms with van der Waals surface area (Å²) in [6.07, 6.45) is 2.12. The van der Waals surface area contributed by atoms with E-state index in [-0.39, 0.29) is 5.91 Å². The number of carbonyl (C=O) groups excluding carboxylic acids is 1. The first-order valence-corrected chi connectivity index (χ1v) is 8.91. The average molecular weight is 338 g/mol. The van der Waals surface area contributed by atoms with Crippen molar-refractivity contribution in [3.05, 3.63) is 46.9 Å².